The maximum absolute atomic E-state index is 12.2. The van der Waals surface area contributed by atoms with E-state index in [9.17, 15) is 13.5 Å². The molecule has 1 atom stereocenters. The third-order valence-corrected chi connectivity index (χ3v) is 4.00. The standard InChI is InChI=1S/C11H15N5O3S/c1-3-10(17)8-5-4-6-9(7-8)20(18,19)14-11-12-15-16(2)13-11/h4-7,10,17H,3H2,1-2H3,(H,13,14). The van der Waals surface area contributed by atoms with E-state index in [1.54, 1.807) is 12.1 Å². The van der Waals surface area contributed by atoms with E-state index in [2.05, 4.69) is 20.1 Å². The Hall–Kier alpha value is -2.00. The Morgan fingerprint density at radius 1 is 1.45 bits per heavy atom. The van der Waals surface area contributed by atoms with Gasteiger partial charge in [-0.1, -0.05) is 24.2 Å². The molecule has 2 rings (SSSR count). The molecular weight excluding hydrogens is 282 g/mol. The normalized spacial score (nSPS) is 13.2. The monoisotopic (exact) mass is 297 g/mol. The van der Waals surface area contributed by atoms with Crippen LogP contribution in [0.1, 0.15) is 25.0 Å². The summed E-state index contributed by atoms with van der Waals surface area (Å²) in [7, 11) is -2.27. The lowest BCUT2D eigenvalue weighted by Gasteiger charge is -2.10. The van der Waals surface area contributed by atoms with Crippen molar-refractivity contribution >= 4 is 16.0 Å². The number of hydrogen-bond acceptors (Lipinski definition) is 6. The molecule has 8 nitrogen and oxygen atoms in total. The maximum atomic E-state index is 12.2. The van der Waals surface area contributed by atoms with Crippen LogP contribution in [0.15, 0.2) is 29.2 Å². The molecule has 108 valence electrons. The lowest BCUT2D eigenvalue weighted by Crippen LogP contribution is -2.14. The van der Waals surface area contributed by atoms with Crippen LogP contribution in [-0.4, -0.2) is 33.7 Å². The number of benzene rings is 1. The molecule has 1 aromatic heterocycles. The van der Waals surface area contributed by atoms with Crippen LogP contribution in [-0.2, 0) is 17.1 Å². The number of aliphatic hydroxyl groups excluding tert-OH is 1. The lowest BCUT2D eigenvalue weighted by molar-refractivity contribution is 0.173. The van der Waals surface area contributed by atoms with Crippen LogP contribution in [0.2, 0.25) is 0 Å². The van der Waals surface area contributed by atoms with Gasteiger partial charge in [0, 0.05) is 0 Å². The quantitative estimate of drug-likeness (QED) is 0.829. The Balaban J connectivity index is 2.29. The van der Waals surface area contributed by atoms with Gasteiger partial charge >= 0.3 is 0 Å². The van der Waals surface area contributed by atoms with Gasteiger partial charge in [0.05, 0.1) is 18.0 Å². The predicted octanol–water partition coefficient (Wildman–Crippen LogP) is 0.454. The Labute approximate surface area is 116 Å². The first-order valence-electron chi connectivity index (χ1n) is 5.97. The molecule has 0 aliphatic heterocycles. The van der Waals surface area contributed by atoms with Gasteiger partial charge in [0.25, 0.3) is 16.0 Å². The highest BCUT2D eigenvalue weighted by atomic mass is 32.2. The highest BCUT2D eigenvalue weighted by molar-refractivity contribution is 7.92. The number of nitrogens with one attached hydrogen (secondary N) is 1. The first-order valence-corrected chi connectivity index (χ1v) is 7.45. The Kier molecular flexibility index (Phi) is 4.00. The molecule has 0 saturated carbocycles. The summed E-state index contributed by atoms with van der Waals surface area (Å²) in [6.45, 7) is 1.81. The largest absolute Gasteiger partial charge is 0.388 e. The Morgan fingerprint density at radius 3 is 2.80 bits per heavy atom. The molecule has 0 spiro atoms. The van der Waals surface area contributed by atoms with Gasteiger partial charge in [-0.05, 0) is 29.3 Å². The summed E-state index contributed by atoms with van der Waals surface area (Å²) in [4.78, 5) is 1.18. The zero-order valence-corrected chi connectivity index (χ0v) is 11.9. The van der Waals surface area contributed by atoms with Crippen LogP contribution in [0.3, 0.4) is 0 Å². The minimum atomic E-state index is -3.80. The molecule has 0 aliphatic rings. The number of aryl methyl sites for hydroxylation is 1. The van der Waals surface area contributed by atoms with Gasteiger partial charge in [-0.15, -0.1) is 5.10 Å². The molecular formula is C11H15N5O3S. The Bertz CT molecular complexity index is 698. The van der Waals surface area contributed by atoms with Crippen molar-refractivity contribution < 1.29 is 13.5 Å². The fourth-order valence-electron chi connectivity index (χ4n) is 1.63. The third kappa shape index (κ3) is 3.11. The zero-order valence-electron chi connectivity index (χ0n) is 11.1. The molecule has 0 amide bonds. The smallest absolute Gasteiger partial charge is 0.277 e. The maximum Gasteiger partial charge on any atom is 0.277 e. The van der Waals surface area contributed by atoms with E-state index in [0.717, 1.165) is 4.80 Å². The second-order valence-corrected chi connectivity index (χ2v) is 5.89. The van der Waals surface area contributed by atoms with Crippen molar-refractivity contribution in [2.45, 2.75) is 24.3 Å². The lowest BCUT2D eigenvalue weighted by atomic mass is 10.1. The number of tetrazole rings is 1. The highest BCUT2D eigenvalue weighted by Crippen LogP contribution is 2.20. The van der Waals surface area contributed by atoms with E-state index >= 15 is 0 Å². The van der Waals surface area contributed by atoms with E-state index < -0.39 is 16.1 Å². The van der Waals surface area contributed by atoms with E-state index in [4.69, 9.17) is 0 Å². The second kappa shape index (κ2) is 5.55. The fourth-order valence-corrected chi connectivity index (χ4v) is 2.62. The van der Waals surface area contributed by atoms with Crippen molar-refractivity contribution in [2.75, 3.05) is 4.72 Å². The number of aromatic nitrogens is 4. The SMILES string of the molecule is CCC(O)c1cccc(S(=O)(=O)Nc2nnn(C)n2)c1. The molecule has 9 heteroatoms. The summed E-state index contributed by atoms with van der Waals surface area (Å²) < 4.78 is 26.6. The third-order valence-electron chi connectivity index (χ3n) is 2.67. The van der Waals surface area contributed by atoms with Crippen molar-refractivity contribution in [2.24, 2.45) is 7.05 Å². The molecule has 0 radical (unpaired) electrons. The van der Waals surface area contributed by atoms with E-state index in [1.165, 1.54) is 19.2 Å². The van der Waals surface area contributed by atoms with Gasteiger partial charge < -0.3 is 5.11 Å². The van der Waals surface area contributed by atoms with Crippen LogP contribution in [0.4, 0.5) is 5.95 Å². The first kappa shape index (κ1) is 14.4. The molecule has 1 heterocycles. The van der Waals surface area contributed by atoms with Crippen molar-refractivity contribution in [1.82, 2.24) is 20.2 Å². The molecule has 1 unspecified atom stereocenters. The number of rotatable bonds is 5. The average Bonchev–Trinajstić information content (AvgIpc) is 2.82. The minimum Gasteiger partial charge on any atom is -0.388 e. The highest BCUT2D eigenvalue weighted by Gasteiger charge is 2.18. The molecule has 0 aliphatic carbocycles. The number of sulfonamides is 1. The van der Waals surface area contributed by atoms with Gasteiger partial charge in [-0.3, -0.25) is 0 Å². The summed E-state index contributed by atoms with van der Waals surface area (Å²) >= 11 is 0. The predicted molar refractivity (Wildman–Crippen MR) is 71.3 cm³/mol. The second-order valence-electron chi connectivity index (χ2n) is 4.20. The van der Waals surface area contributed by atoms with Gasteiger partial charge in [0.2, 0.25) is 0 Å². The van der Waals surface area contributed by atoms with Crippen molar-refractivity contribution in [3.05, 3.63) is 29.8 Å². The molecule has 20 heavy (non-hydrogen) atoms. The van der Waals surface area contributed by atoms with Crippen LogP contribution < -0.4 is 4.72 Å². The van der Waals surface area contributed by atoms with Crippen LogP contribution in [0.25, 0.3) is 0 Å². The molecule has 2 N–H and O–H groups in total. The van der Waals surface area contributed by atoms with Crippen LogP contribution in [0, 0.1) is 0 Å². The van der Waals surface area contributed by atoms with Gasteiger partial charge in [-0.25, -0.2) is 13.1 Å². The number of anilines is 1. The van der Waals surface area contributed by atoms with E-state index in [1.807, 2.05) is 6.92 Å². The molecule has 2 aromatic rings. The fraction of sp³-hybridized carbons (Fsp3) is 0.364. The van der Waals surface area contributed by atoms with Crippen molar-refractivity contribution in [1.29, 1.82) is 0 Å². The van der Waals surface area contributed by atoms with E-state index in [-0.39, 0.29) is 10.8 Å². The van der Waals surface area contributed by atoms with Crippen LogP contribution in [0.5, 0.6) is 0 Å². The van der Waals surface area contributed by atoms with Crippen molar-refractivity contribution in [3.8, 4) is 0 Å². The number of aliphatic hydroxyl groups is 1. The minimum absolute atomic E-state index is 0.0370. The van der Waals surface area contributed by atoms with Crippen molar-refractivity contribution in [3.63, 3.8) is 0 Å². The number of nitrogens with zero attached hydrogens (tertiary/aromatic N) is 4. The summed E-state index contributed by atoms with van der Waals surface area (Å²) in [6, 6.07) is 6.11. The topological polar surface area (TPSA) is 110 Å². The Morgan fingerprint density at radius 2 is 2.20 bits per heavy atom. The van der Waals surface area contributed by atoms with Gasteiger partial charge in [0.1, 0.15) is 0 Å². The zero-order chi connectivity index (χ0) is 14.8. The van der Waals surface area contributed by atoms with Gasteiger partial charge in [-0.2, -0.15) is 4.80 Å². The number of hydrogen-bond donors (Lipinski definition) is 2. The average molecular weight is 297 g/mol. The summed E-state index contributed by atoms with van der Waals surface area (Å²) in [6.07, 6.45) is -0.192. The molecule has 0 saturated heterocycles. The van der Waals surface area contributed by atoms with Crippen LogP contribution >= 0.6 is 0 Å². The molecule has 0 bridgehead atoms. The summed E-state index contributed by atoms with van der Waals surface area (Å²) in [5, 5.41) is 20.6. The summed E-state index contributed by atoms with van der Waals surface area (Å²) in [5.74, 6) is -0.103. The molecule has 0 fully saturated rings. The van der Waals surface area contributed by atoms with Gasteiger partial charge in [0.15, 0.2) is 0 Å². The summed E-state index contributed by atoms with van der Waals surface area (Å²) in [5.41, 5.74) is 0.544. The molecule has 1 aromatic carbocycles. The first-order chi connectivity index (χ1) is 9.42. The van der Waals surface area contributed by atoms with E-state index in [0.29, 0.717) is 12.0 Å².